The van der Waals surface area contributed by atoms with E-state index in [9.17, 15) is 0 Å². The zero-order valence-electron chi connectivity index (χ0n) is 14.2. The van der Waals surface area contributed by atoms with E-state index in [4.69, 9.17) is 27.9 Å². The Morgan fingerprint density at radius 3 is 2.38 bits per heavy atom. The Kier molecular flexibility index (Phi) is 6.47. The van der Waals surface area contributed by atoms with Gasteiger partial charge < -0.3 is 10.1 Å². The van der Waals surface area contributed by atoms with E-state index in [1.54, 1.807) is 0 Å². The van der Waals surface area contributed by atoms with Crippen molar-refractivity contribution in [3.05, 3.63) is 91.9 Å². The zero-order chi connectivity index (χ0) is 18.5. The lowest BCUT2D eigenvalue weighted by Gasteiger charge is -2.12. The largest absolute Gasteiger partial charge is 0.487 e. The molecule has 0 unspecified atom stereocenters. The average Bonchev–Trinajstić information content (AvgIpc) is 2.63. The maximum Gasteiger partial charge on any atom is 0.138 e. The molecule has 0 spiro atoms. The number of benzene rings is 3. The Labute approximate surface area is 172 Å². The van der Waals surface area contributed by atoms with Gasteiger partial charge in [-0.2, -0.15) is 0 Å². The van der Waals surface area contributed by atoms with Crippen molar-refractivity contribution in [2.45, 2.75) is 20.1 Å². The maximum atomic E-state index is 6.38. The van der Waals surface area contributed by atoms with Crippen LogP contribution in [-0.4, -0.2) is 0 Å². The summed E-state index contributed by atoms with van der Waals surface area (Å²) < 4.78 is 6.88. The lowest BCUT2D eigenvalue weighted by atomic mass is 10.1. The number of halogens is 3. The molecule has 3 aromatic rings. The molecule has 0 atom stereocenters. The van der Waals surface area contributed by atoms with Crippen LogP contribution in [0.1, 0.15) is 16.7 Å². The Morgan fingerprint density at radius 2 is 1.65 bits per heavy atom. The molecule has 0 aliphatic heterocycles. The third kappa shape index (κ3) is 5.16. The molecule has 0 aliphatic carbocycles. The smallest absolute Gasteiger partial charge is 0.138 e. The fourth-order valence-corrected chi connectivity index (χ4v) is 3.19. The molecule has 0 radical (unpaired) electrons. The molecule has 26 heavy (non-hydrogen) atoms. The number of hydrogen-bond donors (Lipinski definition) is 1. The van der Waals surface area contributed by atoms with Crippen molar-refractivity contribution < 1.29 is 4.74 Å². The Bertz CT molecular complexity index is 897. The highest BCUT2D eigenvalue weighted by Gasteiger charge is 2.05. The third-order valence-corrected chi connectivity index (χ3v) is 5.05. The fraction of sp³-hybridized carbons (Fsp3) is 0.143. The summed E-state index contributed by atoms with van der Waals surface area (Å²) in [5, 5.41) is 4.71. The number of aryl methyl sites for hydroxylation is 1. The summed E-state index contributed by atoms with van der Waals surface area (Å²) in [6, 6.07) is 19.7. The molecular formula is C21H18BrCl2NO. The molecule has 0 amide bonds. The molecule has 0 aromatic heterocycles. The molecule has 1 N–H and O–H groups in total. The molecule has 0 heterocycles. The number of ether oxygens (including phenoxy) is 1. The van der Waals surface area contributed by atoms with Crippen LogP contribution >= 0.6 is 39.1 Å². The normalized spacial score (nSPS) is 10.6. The monoisotopic (exact) mass is 449 g/mol. The van der Waals surface area contributed by atoms with Crippen molar-refractivity contribution >= 4 is 44.8 Å². The molecule has 0 fully saturated rings. The van der Waals surface area contributed by atoms with Crippen LogP contribution in [0.5, 0.6) is 5.75 Å². The van der Waals surface area contributed by atoms with Crippen LogP contribution in [-0.2, 0) is 13.2 Å². The summed E-state index contributed by atoms with van der Waals surface area (Å²) in [7, 11) is 0. The minimum absolute atomic E-state index is 0.478. The van der Waals surface area contributed by atoms with E-state index >= 15 is 0 Å². The third-order valence-electron chi connectivity index (χ3n) is 3.99. The summed E-state index contributed by atoms with van der Waals surface area (Å²) in [5.74, 6) is 0.678. The van der Waals surface area contributed by atoms with Gasteiger partial charge in [-0.1, -0.05) is 63.4 Å². The lowest BCUT2D eigenvalue weighted by Crippen LogP contribution is -2.02. The summed E-state index contributed by atoms with van der Waals surface area (Å²) in [5.41, 5.74) is 4.33. The highest BCUT2D eigenvalue weighted by molar-refractivity contribution is 9.10. The molecule has 3 aromatic carbocycles. The second-order valence-electron chi connectivity index (χ2n) is 5.99. The van der Waals surface area contributed by atoms with Crippen LogP contribution in [0.2, 0.25) is 10.0 Å². The van der Waals surface area contributed by atoms with Crippen LogP contribution in [0.3, 0.4) is 0 Å². The lowest BCUT2D eigenvalue weighted by molar-refractivity contribution is 0.306. The van der Waals surface area contributed by atoms with Gasteiger partial charge in [0.15, 0.2) is 0 Å². The van der Waals surface area contributed by atoms with Crippen molar-refractivity contribution in [2.24, 2.45) is 0 Å². The number of hydrogen-bond acceptors (Lipinski definition) is 2. The summed E-state index contributed by atoms with van der Waals surface area (Å²) in [4.78, 5) is 0. The van der Waals surface area contributed by atoms with E-state index in [-0.39, 0.29) is 0 Å². The zero-order valence-corrected chi connectivity index (χ0v) is 17.3. The van der Waals surface area contributed by atoms with Gasteiger partial charge in [-0.3, -0.25) is 0 Å². The van der Waals surface area contributed by atoms with Crippen LogP contribution in [0.4, 0.5) is 5.69 Å². The molecule has 0 aliphatic rings. The Balaban J connectivity index is 1.61. The molecule has 5 heteroatoms. The van der Waals surface area contributed by atoms with Crippen LogP contribution in [0.25, 0.3) is 0 Å². The van der Waals surface area contributed by atoms with Crippen molar-refractivity contribution in [3.8, 4) is 5.75 Å². The quantitative estimate of drug-likeness (QED) is 0.426. The van der Waals surface area contributed by atoms with Gasteiger partial charge >= 0.3 is 0 Å². The average molecular weight is 451 g/mol. The van der Waals surface area contributed by atoms with Gasteiger partial charge in [-0.25, -0.2) is 0 Å². The summed E-state index contributed by atoms with van der Waals surface area (Å²) in [6.45, 7) is 3.19. The van der Waals surface area contributed by atoms with Crippen molar-refractivity contribution in [1.29, 1.82) is 0 Å². The standard InChI is InChI=1S/C21H18BrCl2NO/c1-14-2-8-18(23)11-20(14)25-12-16-5-9-21(19(24)10-16)26-13-15-3-6-17(22)7-4-15/h2-11,25H,12-13H2,1H3. The van der Waals surface area contributed by atoms with Gasteiger partial charge in [-0.05, 0) is 60.0 Å². The van der Waals surface area contributed by atoms with Crippen LogP contribution in [0.15, 0.2) is 65.1 Å². The summed E-state index contributed by atoms with van der Waals surface area (Å²) in [6.07, 6.45) is 0. The van der Waals surface area contributed by atoms with Crippen molar-refractivity contribution in [2.75, 3.05) is 5.32 Å². The molecule has 134 valence electrons. The maximum absolute atomic E-state index is 6.38. The topological polar surface area (TPSA) is 21.3 Å². The predicted molar refractivity (Wildman–Crippen MR) is 113 cm³/mol. The van der Waals surface area contributed by atoms with Gasteiger partial charge in [0.1, 0.15) is 12.4 Å². The summed E-state index contributed by atoms with van der Waals surface area (Å²) >= 11 is 15.9. The first-order valence-corrected chi connectivity index (χ1v) is 9.72. The highest BCUT2D eigenvalue weighted by Crippen LogP contribution is 2.27. The Morgan fingerprint density at radius 1 is 0.923 bits per heavy atom. The highest BCUT2D eigenvalue weighted by atomic mass is 79.9. The molecule has 0 bridgehead atoms. The van der Waals surface area contributed by atoms with E-state index in [0.29, 0.717) is 28.9 Å². The van der Waals surface area contributed by atoms with Crippen LogP contribution < -0.4 is 10.1 Å². The van der Waals surface area contributed by atoms with E-state index in [1.807, 2.05) is 67.6 Å². The number of rotatable bonds is 6. The second-order valence-corrected chi connectivity index (χ2v) is 7.75. The number of nitrogens with one attached hydrogen (secondary N) is 1. The molecule has 3 rings (SSSR count). The molecule has 2 nitrogen and oxygen atoms in total. The Hall–Kier alpha value is -1.68. The van der Waals surface area contributed by atoms with Gasteiger partial charge in [0.25, 0.3) is 0 Å². The second kappa shape index (κ2) is 8.81. The first-order chi connectivity index (χ1) is 12.5. The van der Waals surface area contributed by atoms with Gasteiger partial charge in [-0.15, -0.1) is 0 Å². The molecular weight excluding hydrogens is 433 g/mol. The fourth-order valence-electron chi connectivity index (χ4n) is 2.50. The minimum atomic E-state index is 0.478. The van der Waals surface area contributed by atoms with E-state index in [1.165, 1.54) is 0 Å². The van der Waals surface area contributed by atoms with E-state index in [2.05, 4.69) is 21.2 Å². The minimum Gasteiger partial charge on any atom is -0.487 e. The predicted octanol–water partition coefficient (Wildman–Crippen LogP) is 7.26. The van der Waals surface area contributed by atoms with Gasteiger partial charge in [0.05, 0.1) is 5.02 Å². The van der Waals surface area contributed by atoms with Crippen molar-refractivity contribution in [3.63, 3.8) is 0 Å². The SMILES string of the molecule is Cc1ccc(Cl)cc1NCc1ccc(OCc2ccc(Br)cc2)c(Cl)c1. The van der Waals surface area contributed by atoms with E-state index in [0.717, 1.165) is 26.9 Å². The van der Waals surface area contributed by atoms with E-state index < -0.39 is 0 Å². The van der Waals surface area contributed by atoms with Crippen LogP contribution in [0, 0.1) is 6.92 Å². The van der Waals surface area contributed by atoms with Gasteiger partial charge in [0.2, 0.25) is 0 Å². The molecule has 0 saturated heterocycles. The molecule has 0 saturated carbocycles. The first-order valence-electron chi connectivity index (χ1n) is 8.17. The first kappa shape index (κ1) is 19.1. The number of anilines is 1. The van der Waals surface area contributed by atoms with Crippen molar-refractivity contribution in [1.82, 2.24) is 0 Å². The van der Waals surface area contributed by atoms with Gasteiger partial charge in [0, 0.05) is 21.7 Å².